The first-order valence-corrected chi connectivity index (χ1v) is 9.04. The Hall–Kier alpha value is -2.69. The van der Waals surface area contributed by atoms with Crippen LogP contribution < -0.4 is 20.1 Å². The molecule has 2 N–H and O–H groups in total. The Morgan fingerprint density at radius 1 is 1.04 bits per heavy atom. The highest BCUT2D eigenvalue weighted by atomic mass is 16.5. The number of nitrogens with one attached hydrogen (secondary N) is 2. The van der Waals surface area contributed by atoms with E-state index in [0.717, 1.165) is 36.1 Å². The zero-order chi connectivity index (χ0) is 18.8. The van der Waals surface area contributed by atoms with Crippen molar-refractivity contribution in [1.29, 1.82) is 0 Å². The van der Waals surface area contributed by atoms with E-state index < -0.39 is 0 Å². The largest absolute Gasteiger partial charge is 0.493 e. The summed E-state index contributed by atoms with van der Waals surface area (Å²) in [6.07, 6.45) is 0. The van der Waals surface area contributed by atoms with Crippen molar-refractivity contribution < 1.29 is 9.47 Å². The molecular formula is C21H29N3O2. The molecule has 0 aromatic heterocycles. The van der Waals surface area contributed by atoms with Gasteiger partial charge in [-0.2, -0.15) is 0 Å². The Morgan fingerprint density at radius 3 is 2.54 bits per heavy atom. The van der Waals surface area contributed by atoms with Gasteiger partial charge in [0.15, 0.2) is 17.5 Å². The predicted octanol–water partition coefficient (Wildman–Crippen LogP) is 3.66. The van der Waals surface area contributed by atoms with Gasteiger partial charge in [0.05, 0.1) is 20.3 Å². The summed E-state index contributed by atoms with van der Waals surface area (Å²) in [7, 11) is 1.65. The van der Waals surface area contributed by atoms with Crippen LogP contribution in [0.15, 0.2) is 47.5 Å². The number of rotatable bonds is 8. The number of methoxy groups -OCH3 is 1. The Balaban J connectivity index is 2.05. The van der Waals surface area contributed by atoms with Crippen LogP contribution in [0.5, 0.6) is 11.5 Å². The standard InChI is InChI=1S/C21H29N3O2/c1-5-22-21(24-15-18-10-8-7-9-16(18)3)23-14-17-11-12-19(26-6-2)20(13-17)25-4/h7-13H,5-6,14-15H2,1-4H3,(H2,22,23,24). The summed E-state index contributed by atoms with van der Waals surface area (Å²) < 4.78 is 11.0. The molecule has 0 unspecified atom stereocenters. The lowest BCUT2D eigenvalue weighted by atomic mass is 10.1. The van der Waals surface area contributed by atoms with Crippen LogP contribution in [0.4, 0.5) is 0 Å². The number of ether oxygens (including phenoxy) is 2. The molecule has 0 heterocycles. The molecule has 0 spiro atoms. The van der Waals surface area contributed by atoms with Gasteiger partial charge in [0.1, 0.15) is 0 Å². The minimum Gasteiger partial charge on any atom is -0.493 e. The molecule has 0 saturated carbocycles. The van der Waals surface area contributed by atoms with Crippen molar-refractivity contribution in [1.82, 2.24) is 10.6 Å². The van der Waals surface area contributed by atoms with E-state index in [-0.39, 0.29) is 0 Å². The molecule has 0 radical (unpaired) electrons. The van der Waals surface area contributed by atoms with Gasteiger partial charge in [-0.1, -0.05) is 30.3 Å². The third-order valence-corrected chi connectivity index (χ3v) is 4.00. The van der Waals surface area contributed by atoms with E-state index in [0.29, 0.717) is 13.2 Å². The van der Waals surface area contributed by atoms with E-state index in [2.05, 4.69) is 53.7 Å². The van der Waals surface area contributed by atoms with Crippen LogP contribution in [-0.2, 0) is 13.1 Å². The van der Waals surface area contributed by atoms with Crippen LogP contribution in [0.25, 0.3) is 0 Å². The molecule has 5 heteroatoms. The molecule has 2 aromatic rings. The average molecular weight is 355 g/mol. The lowest BCUT2D eigenvalue weighted by molar-refractivity contribution is 0.310. The van der Waals surface area contributed by atoms with Crippen molar-refractivity contribution in [3.63, 3.8) is 0 Å². The first kappa shape index (κ1) is 19.6. The topological polar surface area (TPSA) is 54.9 Å². The van der Waals surface area contributed by atoms with Crippen molar-refractivity contribution in [2.24, 2.45) is 4.99 Å². The van der Waals surface area contributed by atoms with Crippen LogP contribution in [0.1, 0.15) is 30.5 Å². The highest BCUT2D eigenvalue weighted by molar-refractivity contribution is 5.79. The molecule has 26 heavy (non-hydrogen) atoms. The van der Waals surface area contributed by atoms with E-state index in [4.69, 9.17) is 9.47 Å². The average Bonchev–Trinajstić information content (AvgIpc) is 2.66. The molecular weight excluding hydrogens is 326 g/mol. The van der Waals surface area contributed by atoms with Crippen molar-refractivity contribution in [3.8, 4) is 11.5 Å². The van der Waals surface area contributed by atoms with Gasteiger partial charge in [-0.05, 0) is 49.6 Å². The summed E-state index contributed by atoms with van der Waals surface area (Å²) in [6, 6.07) is 14.3. The maximum Gasteiger partial charge on any atom is 0.191 e. The molecule has 0 aliphatic carbocycles. The summed E-state index contributed by atoms with van der Waals surface area (Å²) >= 11 is 0. The molecule has 0 atom stereocenters. The minimum atomic E-state index is 0.561. The van der Waals surface area contributed by atoms with Gasteiger partial charge in [0.25, 0.3) is 0 Å². The fourth-order valence-electron chi connectivity index (χ4n) is 2.58. The molecule has 0 saturated heterocycles. The second-order valence-corrected chi connectivity index (χ2v) is 5.89. The number of nitrogens with zero attached hydrogens (tertiary/aromatic N) is 1. The number of guanidine groups is 1. The molecule has 2 rings (SSSR count). The van der Waals surface area contributed by atoms with Gasteiger partial charge in [-0.25, -0.2) is 4.99 Å². The lowest BCUT2D eigenvalue weighted by Gasteiger charge is -2.13. The Kier molecular flexibility index (Phi) is 7.80. The van der Waals surface area contributed by atoms with Gasteiger partial charge in [-0.3, -0.25) is 0 Å². The molecule has 0 aliphatic heterocycles. The number of hydrogen-bond donors (Lipinski definition) is 2. The highest BCUT2D eigenvalue weighted by Crippen LogP contribution is 2.28. The summed E-state index contributed by atoms with van der Waals surface area (Å²) in [4.78, 5) is 4.68. The first-order valence-electron chi connectivity index (χ1n) is 9.04. The maximum absolute atomic E-state index is 5.56. The molecule has 0 amide bonds. The maximum atomic E-state index is 5.56. The monoisotopic (exact) mass is 355 g/mol. The fraction of sp³-hybridized carbons (Fsp3) is 0.381. The summed E-state index contributed by atoms with van der Waals surface area (Å²) in [6.45, 7) is 8.86. The quantitative estimate of drug-likeness (QED) is 0.560. The van der Waals surface area contributed by atoms with E-state index >= 15 is 0 Å². The fourth-order valence-corrected chi connectivity index (χ4v) is 2.58. The Bertz CT molecular complexity index is 729. The highest BCUT2D eigenvalue weighted by Gasteiger charge is 2.06. The Labute approximate surface area is 156 Å². The zero-order valence-electron chi connectivity index (χ0n) is 16.1. The van der Waals surface area contributed by atoms with Crippen molar-refractivity contribution in [3.05, 3.63) is 59.2 Å². The van der Waals surface area contributed by atoms with Crippen LogP contribution in [-0.4, -0.2) is 26.2 Å². The molecule has 0 aliphatic rings. The van der Waals surface area contributed by atoms with Gasteiger partial charge < -0.3 is 20.1 Å². The molecule has 140 valence electrons. The van der Waals surface area contributed by atoms with E-state index in [1.54, 1.807) is 7.11 Å². The summed E-state index contributed by atoms with van der Waals surface area (Å²) in [5.41, 5.74) is 3.60. The zero-order valence-corrected chi connectivity index (χ0v) is 16.1. The minimum absolute atomic E-state index is 0.561. The van der Waals surface area contributed by atoms with E-state index in [1.807, 2.05) is 25.1 Å². The van der Waals surface area contributed by atoms with Crippen LogP contribution in [0, 0.1) is 6.92 Å². The van der Waals surface area contributed by atoms with Gasteiger partial charge in [0.2, 0.25) is 0 Å². The predicted molar refractivity (Wildman–Crippen MR) is 107 cm³/mol. The van der Waals surface area contributed by atoms with Crippen molar-refractivity contribution in [2.45, 2.75) is 33.9 Å². The normalized spacial score (nSPS) is 11.2. The van der Waals surface area contributed by atoms with Gasteiger partial charge in [-0.15, -0.1) is 0 Å². The van der Waals surface area contributed by atoms with Crippen LogP contribution in [0.2, 0.25) is 0 Å². The second-order valence-electron chi connectivity index (χ2n) is 5.89. The smallest absolute Gasteiger partial charge is 0.191 e. The molecule has 5 nitrogen and oxygen atoms in total. The first-order chi connectivity index (χ1) is 12.7. The molecule has 0 bridgehead atoms. The van der Waals surface area contributed by atoms with Crippen LogP contribution >= 0.6 is 0 Å². The lowest BCUT2D eigenvalue weighted by Crippen LogP contribution is -2.36. The number of hydrogen-bond acceptors (Lipinski definition) is 3. The van der Waals surface area contributed by atoms with Crippen LogP contribution in [0.3, 0.4) is 0 Å². The number of benzene rings is 2. The Morgan fingerprint density at radius 2 is 1.85 bits per heavy atom. The molecule has 2 aromatic carbocycles. The van der Waals surface area contributed by atoms with Gasteiger partial charge >= 0.3 is 0 Å². The third-order valence-electron chi connectivity index (χ3n) is 4.00. The van der Waals surface area contributed by atoms with Crippen molar-refractivity contribution >= 4 is 5.96 Å². The van der Waals surface area contributed by atoms with Gasteiger partial charge in [0, 0.05) is 13.1 Å². The molecule has 0 fully saturated rings. The van der Waals surface area contributed by atoms with Crippen molar-refractivity contribution in [2.75, 3.05) is 20.3 Å². The second kappa shape index (κ2) is 10.3. The van der Waals surface area contributed by atoms with E-state index in [1.165, 1.54) is 11.1 Å². The third kappa shape index (κ3) is 5.69. The van der Waals surface area contributed by atoms with E-state index in [9.17, 15) is 0 Å². The number of aliphatic imine (C=N–C) groups is 1. The number of aryl methyl sites for hydroxylation is 1. The SMILES string of the molecule is CCNC(=NCc1ccc(OCC)c(OC)c1)NCc1ccccc1C. The summed E-state index contributed by atoms with van der Waals surface area (Å²) in [5, 5.41) is 6.68. The summed E-state index contributed by atoms with van der Waals surface area (Å²) in [5.74, 6) is 2.29.